The quantitative estimate of drug-likeness (QED) is 0.759. The molecule has 0 saturated heterocycles. The number of carboxylic acids is 1. The lowest BCUT2D eigenvalue weighted by molar-refractivity contribution is -0.156. The topological polar surface area (TPSA) is 57.6 Å². The van der Waals surface area contributed by atoms with Crippen LogP contribution in [0.4, 0.5) is 0 Å². The number of hydrogen-bond donors (Lipinski definition) is 1. The molecule has 94 valence electrons. The highest BCUT2D eigenvalue weighted by atomic mass is 16.4. The summed E-state index contributed by atoms with van der Waals surface area (Å²) in [5.41, 5.74) is -1.14. The predicted octanol–water partition coefficient (Wildman–Crippen LogP) is 2.13. The number of likely N-dealkylation sites (N-methyl/N-ethyl adjacent to an activating group) is 1. The lowest BCUT2D eigenvalue weighted by Crippen LogP contribution is -2.52. The minimum absolute atomic E-state index is 0.0964. The van der Waals surface area contributed by atoms with E-state index in [2.05, 4.69) is 6.92 Å². The van der Waals surface area contributed by atoms with Gasteiger partial charge in [-0.2, -0.15) is 0 Å². The highest BCUT2D eigenvalue weighted by Crippen LogP contribution is 2.18. The van der Waals surface area contributed by atoms with E-state index in [1.54, 1.807) is 20.9 Å². The molecule has 16 heavy (non-hydrogen) atoms. The van der Waals surface area contributed by atoms with Crippen LogP contribution < -0.4 is 0 Å². The minimum Gasteiger partial charge on any atom is -0.480 e. The van der Waals surface area contributed by atoms with Gasteiger partial charge in [-0.3, -0.25) is 4.79 Å². The standard InChI is InChI=1S/C12H23NO3/c1-6-7-8-9(2)10(14)13(5)12(3,4)11(15)16/h9H,6-8H2,1-5H3,(H,15,16). The Balaban J connectivity index is 4.54. The average Bonchev–Trinajstić information content (AvgIpc) is 2.23. The van der Waals surface area contributed by atoms with Crippen molar-refractivity contribution >= 4 is 11.9 Å². The number of aliphatic carboxylic acids is 1. The van der Waals surface area contributed by atoms with E-state index in [4.69, 9.17) is 5.11 Å². The lowest BCUT2D eigenvalue weighted by atomic mass is 9.98. The summed E-state index contributed by atoms with van der Waals surface area (Å²) in [4.78, 5) is 24.3. The highest BCUT2D eigenvalue weighted by molar-refractivity contribution is 5.87. The van der Waals surface area contributed by atoms with Crippen molar-refractivity contribution in [1.82, 2.24) is 4.90 Å². The average molecular weight is 229 g/mol. The Bertz CT molecular complexity index is 261. The van der Waals surface area contributed by atoms with Crippen LogP contribution in [0.5, 0.6) is 0 Å². The second-order valence-corrected chi connectivity index (χ2v) is 4.80. The summed E-state index contributed by atoms with van der Waals surface area (Å²) in [6.07, 6.45) is 2.85. The summed E-state index contributed by atoms with van der Waals surface area (Å²) in [6.45, 7) is 7.01. The summed E-state index contributed by atoms with van der Waals surface area (Å²) >= 11 is 0. The molecule has 4 nitrogen and oxygen atoms in total. The van der Waals surface area contributed by atoms with E-state index >= 15 is 0 Å². The molecule has 1 N–H and O–H groups in total. The van der Waals surface area contributed by atoms with Crippen molar-refractivity contribution in [2.24, 2.45) is 5.92 Å². The van der Waals surface area contributed by atoms with Crippen molar-refractivity contribution in [3.8, 4) is 0 Å². The zero-order chi connectivity index (χ0) is 12.9. The lowest BCUT2D eigenvalue weighted by Gasteiger charge is -2.33. The van der Waals surface area contributed by atoms with Gasteiger partial charge in [0.05, 0.1) is 0 Å². The van der Waals surface area contributed by atoms with Crippen molar-refractivity contribution in [1.29, 1.82) is 0 Å². The normalized spacial score (nSPS) is 13.3. The molecule has 4 heteroatoms. The van der Waals surface area contributed by atoms with Gasteiger partial charge in [0.2, 0.25) is 5.91 Å². The van der Waals surface area contributed by atoms with Crippen molar-refractivity contribution in [3.05, 3.63) is 0 Å². The molecule has 0 spiro atoms. The van der Waals surface area contributed by atoms with Crippen LogP contribution in [0, 0.1) is 5.92 Å². The Kier molecular flexibility index (Phi) is 5.48. The Morgan fingerprint density at radius 1 is 1.38 bits per heavy atom. The van der Waals surface area contributed by atoms with E-state index in [9.17, 15) is 9.59 Å². The monoisotopic (exact) mass is 229 g/mol. The molecule has 0 saturated carbocycles. The molecule has 0 aliphatic heterocycles. The molecule has 0 aromatic carbocycles. The van der Waals surface area contributed by atoms with Gasteiger partial charge in [-0.15, -0.1) is 0 Å². The van der Waals surface area contributed by atoms with Gasteiger partial charge >= 0.3 is 5.97 Å². The van der Waals surface area contributed by atoms with Gasteiger partial charge in [-0.25, -0.2) is 4.79 Å². The number of carboxylic acid groups (broad SMARTS) is 1. The van der Waals surface area contributed by atoms with E-state index in [1.165, 1.54) is 4.90 Å². The maximum Gasteiger partial charge on any atom is 0.329 e. The van der Waals surface area contributed by atoms with Gasteiger partial charge in [0.1, 0.15) is 5.54 Å². The number of nitrogens with zero attached hydrogens (tertiary/aromatic N) is 1. The second-order valence-electron chi connectivity index (χ2n) is 4.80. The fraction of sp³-hybridized carbons (Fsp3) is 0.833. The number of carbonyl (C=O) groups is 2. The fourth-order valence-electron chi connectivity index (χ4n) is 1.38. The van der Waals surface area contributed by atoms with Gasteiger partial charge < -0.3 is 10.0 Å². The van der Waals surface area contributed by atoms with E-state index < -0.39 is 11.5 Å². The number of amides is 1. The number of carbonyl (C=O) groups excluding carboxylic acids is 1. The largest absolute Gasteiger partial charge is 0.480 e. The van der Waals surface area contributed by atoms with Gasteiger partial charge in [0.25, 0.3) is 0 Å². The first-order valence-electron chi connectivity index (χ1n) is 5.76. The van der Waals surface area contributed by atoms with Gasteiger partial charge in [-0.05, 0) is 20.3 Å². The number of unbranched alkanes of at least 4 members (excludes halogenated alkanes) is 1. The van der Waals surface area contributed by atoms with Crippen molar-refractivity contribution in [2.45, 2.75) is 52.5 Å². The molecule has 0 aromatic rings. The molecule has 1 atom stereocenters. The molecular formula is C12H23NO3. The third-order valence-corrected chi connectivity index (χ3v) is 3.10. The molecule has 0 bridgehead atoms. The summed E-state index contributed by atoms with van der Waals surface area (Å²) < 4.78 is 0. The van der Waals surface area contributed by atoms with Crippen LogP contribution in [0.3, 0.4) is 0 Å². The van der Waals surface area contributed by atoms with E-state index in [-0.39, 0.29) is 11.8 Å². The maximum atomic E-state index is 12.0. The van der Waals surface area contributed by atoms with Crippen LogP contribution in [-0.2, 0) is 9.59 Å². The van der Waals surface area contributed by atoms with Crippen LogP contribution >= 0.6 is 0 Å². The summed E-state index contributed by atoms with van der Waals surface area (Å²) in [7, 11) is 1.55. The number of rotatable bonds is 6. The van der Waals surface area contributed by atoms with Crippen LogP contribution in [0.25, 0.3) is 0 Å². The SMILES string of the molecule is CCCCC(C)C(=O)N(C)C(C)(C)C(=O)O. The third-order valence-electron chi connectivity index (χ3n) is 3.10. The first kappa shape index (κ1) is 14.9. The first-order chi connectivity index (χ1) is 7.25. The van der Waals surface area contributed by atoms with Gasteiger partial charge in [-0.1, -0.05) is 26.7 Å². The van der Waals surface area contributed by atoms with Gasteiger partial charge in [0.15, 0.2) is 0 Å². The van der Waals surface area contributed by atoms with Crippen LogP contribution in [0.1, 0.15) is 47.0 Å². The molecule has 0 aromatic heterocycles. The molecule has 0 aliphatic carbocycles. The maximum absolute atomic E-state index is 12.0. The third kappa shape index (κ3) is 3.51. The Labute approximate surface area is 97.6 Å². The Hall–Kier alpha value is -1.06. The number of hydrogen-bond acceptors (Lipinski definition) is 2. The molecule has 0 heterocycles. The Morgan fingerprint density at radius 3 is 2.25 bits per heavy atom. The molecule has 1 unspecified atom stereocenters. The van der Waals surface area contributed by atoms with Crippen molar-refractivity contribution in [3.63, 3.8) is 0 Å². The molecular weight excluding hydrogens is 206 g/mol. The minimum atomic E-state index is -1.14. The molecule has 0 fully saturated rings. The van der Waals surface area contributed by atoms with Crippen LogP contribution in [0.2, 0.25) is 0 Å². The molecule has 0 radical (unpaired) electrons. The Morgan fingerprint density at radius 2 is 1.88 bits per heavy atom. The van der Waals surface area contributed by atoms with E-state index in [0.717, 1.165) is 19.3 Å². The van der Waals surface area contributed by atoms with E-state index in [1.807, 2.05) is 6.92 Å². The van der Waals surface area contributed by atoms with E-state index in [0.29, 0.717) is 0 Å². The second kappa shape index (κ2) is 5.87. The highest BCUT2D eigenvalue weighted by Gasteiger charge is 2.36. The fourth-order valence-corrected chi connectivity index (χ4v) is 1.38. The predicted molar refractivity (Wildman–Crippen MR) is 63.2 cm³/mol. The molecule has 1 amide bonds. The molecule has 0 rings (SSSR count). The summed E-state index contributed by atoms with van der Waals surface area (Å²) in [5.74, 6) is -1.18. The molecule has 0 aliphatic rings. The van der Waals surface area contributed by atoms with Gasteiger partial charge in [0, 0.05) is 13.0 Å². The zero-order valence-corrected chi connectivity index (χ0v) is 10.9. The smallest absolute Gasteiger partial charge is 0.329 e. The van der Waals surface area contributed by atoms with Crippen LogP contribution in [0.15, 0.2) is 0 Å². The first-order valence-corrected chi connectivity index (χ1v) is 5.76. The summed E-state index contributed by atoms with van der Waals surface area (Å²) in [5, 5.41) is 9.02. The summed E-state index contributed by atoms with van der Waals surface area (Å²) in [6, 6.07) is 0. The van der Waals surface area contributed by atoms with Crippen molar-refractivity contribution < 1.29 is 14.7 Å². The zero-order valence-electron chi connectivity index (χ0n) is 10.9. The van der Waals surface area contributed by atoms with Crippen molar-refractivity contribution in [2.75, 3.05) is 7.05 Å². The van der Waals surface area contributed by atoms with Crippen LogP contribution in [-0.4, -0.2) is 34.5 Å².